The molecule has 3 aromatic carbocycles. The molecule has 2 amide bonds. The molecule has 1 fully saturated rings. The average Bonchev–Trinajstić information content (AvgIpc) is 3.74. The molecular formula is C37H40ClFN6O4Si. The van der Waals surface area contributed by atoms with Gasteiger partial charge in [-0.1, -0.05) is 66.2 Å². The van der Waals surface area contributed by atoms with E-state index in [4.69, 9.17) is 21.4 Å². The lowest BCUT2D eigenvalue weighted by Crippen LogP contribution is -2.45. The molecule has 50 heavy (non-hydrogen) atoms. The molecule has 260 valence electrons. The van der Waals surface area contributed by atoms with Gasteiger partial charge in [-0.2, -0.15) is 5.10 Å². The van der Waals surface area contributed by atoms with Gasteiger partial charge in [0, 0.05) is 60.7 Å². The summed E-state index contributed by atoms with van der Waals surface area (Å²) in [6, 6.07) is 22.7. The SMILES string of the molecule is C[C@H]1[C@H]([Si](C)(C)F)[C@@H](CCn2cc(CCO)nn2)O[C@]12C(=O)N(Cc1cccc(N3N=C(c4ccccc4)CCC3=O)c1)c1ccc(Cl)cc12. The number of aliphatic hydroxyl groups excluding tert-OH is 1. The number of ether oxygens (including phenoxy) is 1. The lowest BCUT2D eigenvalue weighted by Gasteiger charge is -2.31. The van der Waals surface area contributed by atoms with Crippen LogP contribution in [0.3, 0.4) is 0 Å². The Bertz CT molecular complexity index is 1950. The second kappa shape index (κ2) is 13.5. The highest BCUT2D eigenvalue weighted by Gasteiger charge is 2.66. The van der Waals surface area contributed by atoms with E-state index in [0.717, 1.165) is 16.8 Å². The molecule has 0 saturated carbocycles. The molecule has 4 aromatic rings. The zero-order valence-electron chi connectivity index (χ0n) is 28.3. The van der Waals surface area contributed by atoms with Crippen molar-refractivity contribution in [3.8, 4) is 0 Å². The van der Waals surface area contributed by atoms with Crippen LogP contribution in [0.2, 0.25) is 23.7 Å². The maximum atomic E-state index is 16.3. The molecule has 1 saturated heterocycles. The zero-order chi connectivity index (χ0) is 35.2. The van der Waals surface area contributed by atoms with Crippen LogP contribution >= 0.6 is 11.6 Å². The maximum absolute atomic E-state index is 16.3. The summed E-state index contributed by atoms with van der Waals surface area (Å²) in [5.74, 6) is -0.836. The Labute approximate surface area is 296 Å². The van der Waals surface area contributed by atoms with Crippen molar-refractivity contribution in [2.75, 3.05) is 16.5 Å². The molecule has 3 aliphatic heterocycles. The standard InChI is InChI=1S/C37H40ClFN6O4Si/c1-24-35(50(2,3)39)33(16-18-43-23-28(17-19-46)40-42-43)49-37(24)30-21-27(38)12-14-32(30)44(36(37)48)22-25-8-7-11-29(20-25)45-34(47)15-13-31(41-45)26-9-5-4-6-10-26/h4-12,14,20-21,23-24,33,35,46H,13,15-19,22H2,1-3H3/t24-,33+,35-,37+/m0/s1. The fraction of sp³-hybridized carbons (Fsp3) is 0.378. The average molecular weight is 715 g/mol. The van der Waals surface area contributed by atoms with Crippen molar-refractivity contribution < 1.29 is 23.5 Å². The van der Waals surface area contributed by atoms with E-state index in [-0.39, 0.29) is 25.0 Å². The van der Waals surface area contributed by atoms with Gasteiger partial charge < -0.3 is 18.9 Å². The van der Waals surface area contributed by atoms with E-state index in [1.54, 1.807) is 41.0 Å². The van der Waals surface area contributed by atoms with Crippen molar-refractivity contribution in [2.45, 2.75) is 76.0 Å². The van der Waals surface area contributed by atoms with Crippen LogP contribution in [0.4, 0.5) is 15.5 Å². The number of aliphatic hydroxyl groups is 1. The molecule has 7 rings (SSSR count). The van der Waals surface area contributed by atoms with E-state index in [1.807, 2.05) is 67.6 Å². The summed E-state index contributed by atoms with van der Waals surface area (Å²) < 4.78 is 24.8. The van der Waals surface area contributed by atoms with Crippen molar-refractivity contribution in [3.05, 3.63) is 106 Å². The third-order valence-electron chi connectivity index (χ3n) is 10.2. The highest BCUT2D eigenvalue weighted by Crippen LogP contribution is 2.60. The second-order valence-corrected chi connectivity index (χ2v) is 18.1. The fourth-order valence-electron chi connectivity index (χ4n) is 7.94. The number of anilines is 2. The topological polar surface area (TPSA) is 113 Å². The first-order chi connectivity index (χ1) is 24.0. The van der Waals surface area contributed by atoms with Crippen LogP contribution in [-0.4, -0.2) is 58.7 Å². The minimum absolute atomic E-state index is 0.0292. The fourth-order valence-corrected chi connectivity index (χ4v) is 10.7. The minimum Gasteiger partial charge on any atom is -0.396 e. The van der Waals surface area contributed by atoms with Gasteiger partial charge >= 0.3 is 0 Å². The van der Waals surface area contributed by atoms with Gasteiger partial charge in [0.25, 0.3) is 5.91 Å². The molecule has 4 atom stereocenters. The molecule has 3 aliphatic rings. The van der Waals surface area contributed by atoms with E-state index < -0.39 is 31.6 Å². The largest absolute Gasteiger partial charge is 0.396 e. The highest BCUT2D eigenvalue weighted by atomic mass is 35.5. The quantitative estimate of drug-likeness (QED) is 0.150. The predicted octanol–water partition coefficient (Wildman–Crippen LogP) is 6.41. The molecule has 4 heterocycles. The van der Waals surface area contributed by atoms with Crippen LogP contribution in [0.25, 0.3) is 0 Å². The van der Waals surface area contributed by atoms with Crippen LogP contribution in [0.5, 0.6) is 0 Å². The molecule has 1 spiro atoms. The van der Waals surface area contributed by atoms with Gasteiger partial charge in [-0.3, -0.25) is 14.3 Å². The number of fused-ring (bicyclic) bond motifs is 2. The van der Waals surface area contributed by atoms with Gasteiger partial charge in [-0.15, -0.1) is 5.10 Å². The molecule has 1 aromatic heterocycles. The van der Waals surface area contributed by atoms with Crippen molar-refractivity contribution >= 4 is 48.9 Å². The first-order valence-corrected chi connectivity index (χ1v) is 20.4. The number of carbonyl (C=O) groups excluding carboxylic acids is 2. The number of hydrazone groups is 1. The normalized spacial score (nSPS) is 23.6. The van der Waals surface area contributed by atoms with Crippen molar-refractivity contribution in [1.29, 1.82) is 0 Å². The number of hydrogen-bond acceptors (Lipinski definition) is 7. The molecule has 0 bridgehead atoms. The molecule has 13 heteroatoms. The van der Waals surface area contributed by atoms with Gasteiger partial charge in [0.15, 0.2) is 5.60 Å². The van der Waals surface area contributed by atoms with Gasteiger partial charge in [-0.05, 0) is 61.0 Å². The zero-order valence-corrected chi connectivity index (χ0v) is 30.1. The predicted molar refractivity (Wildman–Crippen MR) is 192 cm³/mol. The third kappa shape index (κ3) is 6.18. The van der Waals surface area contributed by atoms with Crippen molar-refractivity contribution in [2.24, 2.45) is 11.0 Å². The summed E-state index contributed by atoms with van der Waals surface area (Å²) in [7, 11) is -3.37. The monoisotopic (exact) mass is 714 g/mol. The lowest BCUT2D eigenvalue weighted by atomic mass is 9.82. The van der Waals surface area contributed by atoms with Crippen LogP contribution < -0.4 is 9.91 Å². The summed E-state index contributed by atoms with van der Waals surface area (Å²) in [4.78, 5) is 29.6. The highest BCUT2D eigenvalue weighted by molar-refractivity contribution is 6.72. The van der Waals surface area contributed by atoms with Crippen LogP contribution in [-0.2, 0) is 39.4 Å². The Morgan fingerprint density at radius 2 is 1.86 bits per heavy atom. The number of aryl methyl sites for hydroxylation is 1. The molecule has 1 N–H and O–H groups in total. The van der Waals surface area contributed by atoms with Gasteiger partial charge in [0.1, 0.15) is 0 Å². The van der Waals surface area contributed by atoms with Crippen molar-refractivity contribution in [1.82, 2.24) is 15.0 Å². The van der Waals surface area contributed by atoms with Crippen molar-refractivity contribution in [3.63, 3.8) is 0 Å². The first-order valence-electron chi connectivity index (χ1n) is 17.0. The summed E-state index contributed by atoms with van der Waals surface area (Å²) >= 11 is 6.56. The summed E-state index contributed by atoms with van der Waals surface area (Å²) in [6.45, 7) is 5.86. The third-order valence-corrected chi connectivity index (χ3v) is 12.8. The lowest BCUT2D eigenvalue weighted by molar-refractivity contribution is -0.146. The van der Waals surface area contributed by atoms with E-state index in [2.05, 4.69) is 10.3 Å². The second-order valence-electron chi connectivity index (χ2n) is 13.8. The van der Waals surface area contributed by atoms with Crippen LogP contribution in [0.15, 0.2) is 84.1 Å². The smallest absolute Gasteiger partial charge is 0.264 e. The number of hydrogen-bond donors (Lipinski definition) is 1. The Morgan fingerprint density at radius 1 is 1.06 bits per heavy atom. The molecule has 0 aliphatic carbocycles. The minimum atomic E-state index is -3.37. The molecular weight excluding hydrogens is 675 g/mol. The number of amides is 2. The van der Waals surface area contributed by atoms with E-state index >= 15 is 4.11 Å². The molecule has 0 radical (unpaired) electrons. The van der Waals surface area contributed by atoms with Crippen LogP contribution in [0, 0.1) is 5.92 Å². The summed E-state index contributed by atoms with van der Waals surface area (Å²) in [5, 5.41) is 24.2. The van der Waals surface area contributed by atoms with Crippen LogP contribution in [0.1, 0.15) is 48.6 Å². The van der Waals surface area contributed by atoms with E-state index in [1.165, 1.54) is 5.01 Å². The molecule has 10 nitrogen and oxygen atoms in total. The Balaban J connectivity index is 1.19. The number of halogens is 2. The van der Waals surface area contributed by atoms with Gasteiger partial charge in [0.2, 0.25) is 14.3 Å². The first kappa shape index (κ1) is 34.2. The Morgan fingerprint density at radius 3 is 2.62 bits per heavy atom. The van der Waals surface area contributed by atoms with Gasteiger partial charge in [0.05, 0.1) is 35.4 Å². The van der Waals surface area contributed by atoms with E-state index in [9.17, 15) is 14.7 Å². The van der Waals surface area contributed by atoms with E-state index in [0.29, 0.717) is 59.9 Å². The summed E-state index contributed by atoms with van der Waals surface area (Å²) in [6.07, 6.45) is 2.95. The molecule has 0 unspecified atom stereocenters. The number of nitrogens with zero attached hydrogens (tertiary/aromatic N) is 6. The maximum Gasteiger partial charge on any atom is 0.264 e. The van der Waals surface area contributed by atoms with Gasteiger partial charge in [-0.25, -0.2) is 5.01 Å². The summed E-state index contributed by atoms with van der Waals surface area (Å²) in [5.41, 5.74) is 3.29. The Hall–Kier alpha value is -4.23. The number of benzene rings is 3. The Kier molecular flexibility index (Phi) is 9.23. The number of rotatable bonds is 10. The number of carbonyl (C=O) groups is 2. The number of aromatic nitrogens is 3.